The molecule has 0 saturated carbocycles. The van der Waals surface area contributed by atoms with Crippen LogP contribution in [-0.2, 0) is 0 Å². The topological polar surface area (TPSA) is 38.9 Å². The smallest absolute Gasteiger partial charge is 0.129 e. The Balaban J connectivity index is 2.80. The Hall–Kier alpha value is -0.860. The van der Waals surface area contributed by atoms with Crippen molar-refractivity contribution in [3.63, 3.8) is 0 Å². The summed E-state index contributed by atoms with van der Waals surface area (Å²) in [6, 6.07) is 5.33. The van der Waals surface area contributed by atoms with Gasteiger partial charge in [0.2, 0.25) is 0 Å². The second-order valence-electron chi connectivity index (χ2n) is 2.52. The van der Waals surface area contributed by atoms with Crippen molar-refractivity contribution in [2.45, 2.75) is 12.5 Å². The van der Waals surface area contributed by atoms with Gasteiger partial charge in [0.1, 0.15) is 5.15 Å². The van der Waals surface area contributed by atoms with E-state index in [1.165, 1.54) is 0 Å². The minimum atomic E-state index is -0.0961. The van der Waals surface area contributed by atoms with E-state index < -0.39 is 0 Å². The average Bonchev–Trinajstić information content (AvgIpc) is 2.05. The Morgan fingerprint density at radius 3 is 3.00 bits per heavy atom. The van der Waals surface area contributed by atoms with Crippen LogP contribution in [0.2, 0.25) is 5.15 Å². The lowest BCUT2D eigenvalue weighted by atomic mass is 10.1. The van der Waals surface area contributed by atoms with E-state index in [0.29, 0.717) is 11.6 Å². The van der Waals surface area contributed by atoms with E-state index >= 15 is 0 Å². The molecular formula is C9H11ClN2. The third-order valence-electron chi connectivity index (χ3n) is 1.54. The molecule has 0 unspecified atom stereocenters. The first kappa shape index (κ1) is 9.23. The predicted molar refractivity (Wildman–Crippen MR) is 51.0 cm³/mol. The molecule has 0 aliphatic carbocycles. The fourth-order valence-electron chi connectivity index (χ4n) is 0.931. The second-order valence-corrected chi connectivity index (χ2v) is 2.90. The Labute approximate surface area is 77.1 Å². The van der Waals surface area contributed by atoms with Crippen molar-refractivity contribution in [3.8, 4) is 0 Å². The lowest BCUT2D eigenvalue weighted by molar-refractivity contribution is 0.714. The predicted octanol–water partition coefficient (Wildman–Crippen LogP) is 2.31. The van der Waals surface area contributed by atoms with Crippen LogP contribution in [0.4, 0.5) is 0 Å². The van der Waals surface area contributed by atoms with Gasteiger partial charge in [0, 0.05) is 0 Å². The van der Waals surface area contributed by atoms with E-state index in [1.807, 2.05) is 12.1 Å². The van der Waals surface area contributed by atoms with Gasteiger partial charge in [0.05, 0.1) is 11.7 Å². The summed E-state index contributed by atoms with van der Waals surface area (Å²) in [4.78, 5) is 4.08. The number of rotatable bonds is 3. The van der Waals surface area contributed by atoms with Crippen LogP contribution in [-0.4, -0.2) is 4.98 Å². The first-order valence-corrected chi connectivity index (χ1v) is 4.10. The van der Waals surface area contributed by atoms with Crippen molar-refractivity contribution in [3.05, 3.63) is 41.7 Å². The summed E-state index contributed by atoms with van der Waals surface area (Å²) in [6.45, 7) is 3.61. The molecule has 1 rings (SSSR count). The zero-order valence-electron chi connectivity index (χ0n) is 6.70. The van der Waals surface area contributed by atoms with Crippen molar-refractivity contribution < 1.29 is 0 Å². The number of hydrogen-bond donors (Lipinski definition) is 1. The van der Waals surface area contributed by atoms with Crippen LogP contribution in [0.3, 0.4) is 0 Å². The number of nitrogens with zero attached hydrogens (tertiary/aromatic N) is 1. The molecule has 64 valence electrons. The van der Waals surface area contributed by atoms with Crippen molar-refractivity contribution in [1.82, 2.24) is 4.98 Å². The minimum absolute atomic E-state index is 0.0961. The van der Waals surface area contributed by atoms with E-state index in [2.05, 4.69) is 11.6 Å². The molecule has 1 aromatic rings. The minimum Gasteiger partial charge on any atom is -0.322 e. The third-order valence-corrected chi connectivity index (χ3v) is 1.75. The van der Waals surface area contributed by atoms with Crippen LogP contribution in [0.1, 0.15) is 18.2 Å². The monoisotopic (exact) mass is 182 g/mol. The van der Waals surface area contributed by atoms with E-state index in [4.69, 9.17) is 17.3 Å². The van der Waals surface area contributed by atoms with E-state index in [-0.39, 0.29) is 6.04 Å². The van der Waals surface area contributed by atoms with Crippen molar-refractivity contribution in [2.24, 2.45) is 5.73 Å². The maximum Gasteiger partial charge on any atom is 0.129 e. The van der Waals surface area contributed by atoms with Gasteiger partial charge in [-0.25, -0.2) is 4.98 Å². The molecule has 1 heterocycles. The highest BCUT2D eigenvalue weighted by molar-refractivity contribution is 6.29. The highest BCUT2D eigenvalue weighted by Crippen LogP contribution is 2.13. The molecule has 0 radical (unpaired) electrons. The number of aromatic nitrogens is 1. The van der Waals surface area contributed by atoms with Gasteiger partial charge < -0.3 is 5.73 Å². The summed E-state index contributed by atoms with van der Waals surface area (Å²) in [5, 5.41) is 0.479. The lowest BCUT2D eigenvalue weighted by Gasteiger charge is -2.07. The zero-order valence-corrected chi connectivity index (χ0v) is 7.46. The van der Waals surface area contributed by atoms with E-state index in [9.17, 15) is 0 Å². The molecule has 0 spiro atoms. The maximum absolute atomic E-state index is 5.78. The van der Waals surface area contributed by atoms with Gasteiger partial charge in [-0.15, -0.1) is 6.58 Å². The normalized spacial score (nSPS) is 12.5. The largest absolute Gasteiger partial charge is 0.322 e. The first-order chi connectivity index (χ1) is 5.74. The van der Waals surface area contributed by atoms with E-state index in [1.54, 1.807) is 12.1 Å². The molecule has 0 saturated heterocycles. The molecule has 1 aromatic heterocycles. The van der Waals surface area contributed by atoms with Gasteiger partial charge in [-0.3, -0.25) is 0 Å². The van der Waals surface area contributed by atoms with Gasteiger partial charge in [0.25, 0.3) is 0 Å². The molecule has 0 amide bonds. The molecule has 0 aliphatic heterocycles. The highest BCUT2D eigenvalue weighted by Gasteiger charge is 2.04. The van der Waals surface area contributed by atoms with Gasteiger partial charge in [-0.2, -0.15) is 0 Å². The van der Waals surface area contributed by atoms with Crippen molar-refractivity contribution in [2.75, 3.05) is 0 Å². The third kappa shape index (κ3) is 2.32. The lowest BCUT2D eigenvalue weighted by Crippen LogP contribution is -2.10. The molecule has 2 nitrogen and oxygen atoms in total. The Morgan fingerprint density at radius 2 is 2.42 bits per heavy atom. The summed E-state index contributed by atoms with van der Waals surface area (Å²) in [7, 11) is 0. The summed E-state index contributed by atoms with van der Waals surface area (Å²) in [6.07, 6.45) is 2.49. The molecule has 0 fully saturated rings. The molecule has 2 N–H and O–H groups in total. The number of nitrogens with two attached hydrogens (primary N) is 1. The number of hydrogen-bond acceptors (Lipinski definition) is 2. The standard InChI is InChI=1S/C9H11ClN2/c1-2-4-7(11)8-5-3-6-9(10)12-8/h2-3,5-7H,1,4,11H2/t7-/m1/s1. The summed E-state index contributed by atoms with van der Waals surface area (Å²) < 4.78 is 0. The molecule has 3 heteroatoms. The molecule has 12 heavy (non-hydrogen) atoms. The van der Waals surface area contributed by atoms with Crippen LogP contribution in [0.25, 0.3) is 0 Å². The van der Waals surface area contributed by atoms with Crippen molar-refractivity contribution >= 4 is 11.6 Å². The van der Waals surface area contributed by atoms with Crippen LogP contribution in [0.5, 0.6) is 0 Å². The van der Waals surface area contributed by atoms with Gasteiger partial charge in [-0.1, -0.05) is 23.7 Å². The summed E-state index contributed by atoms with van der Waals surface area (Å²) in [5.41, 5.74) is 6.59. The Morgan fingerprint density at radius 1 is 1.67 bits per heavy atom. The van der Waals surface area contributed by atoms with Gasteiger partial charge in [-0.05, 0) is 18.6 Å². The van der Waals surface area contributed by atoms with Gasteiger partial charge >= 0.3 is 0 Å². The molecule has 1 atom stereocenters. The molecule has 0 aromatic carbocycles. The van der Waals surface area contributed by atoms with Crippen LogP contribution >= 0.6 is 11.6 Å². The van der Waals surface area contributed by atoms with Crippen LogP contribution < -0.4 is 5.73 Å². The Bertz CT molecular complexity index is 273. The maximum atomic E-state index is 5.78. The summed E-state index contributed by atoms with van der Waals surface area (Å²) >= 11 is 5.70. The fourth-order valence-corrected chi connectivity index (χ4v) is 1.10. The highest BCUT2D eigenvalue weighted by atomic mass is 35.5. The van der Waals surface area contributed by atoms with Crippen LogP contribution in [0.15, 0.2) is 30.9 Å². The SMILES string of the molecule is C=CC[C@@H](N)c1cccc(Cl)n1. The average molecular weight is 183 g/mol. The quantitative estimate of drug-likeness (QED) is 0.576. The molecule has 0 bridgehead atoms. The molecule has 0 aliphatic rings. The van der Waals surface area contributed by atoms with Crippen molar-refractivity contribution in [1.29, 1.82) is 0 Å². The molecular weight excluding hydrogens is 172 g/mol. The first-order valence-electron chi connectivity index (χ1n) is 3.73. The Kier molecular flexibility index (Phi) is 3.26. The number of pyridine rings is 1. The van der Waals surface area contributed by atoms with E-state index in [0.717, 1.165) is 5.69 Å². The second kappa shape index (κ2) is 4.24. The van der Waals surface area contributed by atoms with Gasteiger partial charge in [0.15, 0.2) is 0 Å². The summed E-state index contributed by atoms with van der Waals surface area (Å²) in [5.74, 6) is 0. The zero-order chi connectivity index (χ0) is 8.97. The fraction of sp³-hybridized carbons (Fsp3) is 0.222. The number of halogens is 1. The van der Waals surface area contributed by atoms with Crippen LogP contribution in [0, 0.1) is 0 Å².